The third-order valence-electron chi connectivity index (χ3n) is 2.04. The molecule has 0 saturated carbocycles. The molecule has 1 aromatic carbocycles. The van der Waals surface area contributed by atoms with Gasteiger partial charge in [-0.05, 0) is 17.7 Å². The maximum atomic E-state index is 8.59. The lowest BCUT2D eigenvalue weighted by molar-refractivity contribution is 0.296. The van der Waals surface area contributed by atoms with E-state index in [-0.39, 0.29) is 12.4 Å². The van der Waals surface area contributed by atoms with Crippen LogP contribution in [0.5, 0.6) is 0 Å². The zero-order chi connectivity index (χ0) is 10.8. The van der Waals surface area contributed by atoms with Crippen molar-refractivity contribution in [3.8, 4) is 0 Å². The van der Waals surface area contributed by atoms with Crippen molar-refractivity contribution >= 4 is 24.2 Å². The fraction of sp³-hybridized carbons (Fsp3) is 0.500. The molecule has 0 unspecified atom stereocenters. The van der Waals surface area contributed by atoms with Gasteiger partial charge in [-0.25, -0.2) is 0 Å². The molecule has 0 spiro atoms. The Hall–Kier alpha value is -0.220. The lowest BCUT2D eigenvalue weighted by Gasteiger charge is -2.04. The van der Waals surface area contributed by atoms with Crippen LogP contribution >= 0.6 is 24.2 Å². The first-order chi connectivity index (χ1) is 7.43. The minimum atomic E-state index is 0. The second-order valence-corrected chi connectivity index (χ2v) is 4.58. The van der Waals surface area contributed by atoms with Crippen molar-refractivity contribution in [3.63, 3.8) is 0 Å². The standard InChI is InChI=1S/C12H19NOS.ClH/c14-8-4-9-15-10-7-13-11-12-5-2-1-3-6-12;/h1-3,5-6,13-14H,4,7-11H2;1H. The smallest absolute Gasteiger partial charge is 0.0438 e. The Morgan fingerprint density at radius 3 is 2.56 bits per heavy atom. The Bertz CT molecular complexity index is 246. The fourth-order valence-electron chi connectivity index (χ4n) is 1.24. The summed E-state index contributed by atoms with van der Waals surface area (Å²) >= 11 is 1.89. The lowest BCUT2D eigenvalue weighted by Crippen LogP contribution is -2.16. The van der Waals surface area contributed by atoms with Crippen LogP contribution in [0.4, 0.5) is 0 Å². The van der Waals surface area contributed by atoms with Gasteiger partial charge in [0.2, 0.25) is 0 Å². The number of thioether (sulfide) groups is 1. The second-order valence-electron chi connectivity index (χ2n) is 3.35. The topological polar surface area (TPSA) is 32.3 Å². The molecule has 4 heteroatoms. The first-order valence-electron chi connectivity index (χ1n) is 5.36. The van der Waals surface area contributed by atoms with Crippen LogP contribution in [0.2, 0.25) is 0 Å². The summed E-state index contributed by atoms with van der Waals surface area (Å²) < 4.78 is 0. The number of benzene rings is 1. The van der Waals surface area contributed by atoms with Crippen molar-refractivity contribution < 1.29 is 5.11 Å². The summed E-state index contributed by atoms with van der Waals surface area (Å²) in [6.45, 7) is 2.29. The summed E-state index contributed by atoms with van der Waals surface area (Å²) in [7, 11) is 0. The molecule has 16 heavy (non-hydrogen) atoms. The number of nitrogens with one attached hydrogen (secondary N) is 1. The number of aliphatic hydroxyl groups excluding tert-OH is 1. The third kappa shape index (κ3) is 7.99. The fourth-order valence-corrected chi connectivity index (χ4v) is 2.07. The van der Waals surface area contributed by atoms with E-state index >= 15 is 0 Å². The van der Waals surface area contributed by atoms with Crippen molar-refractivity contribution in [1.82, 2.24) is 5.32 Å². The zero-order valence-electron chi connectivity index (χ0n) is 9.39. The second kappa shape index (κ2) is 11.3. The highest BCUT2D eigenvalue weighted by Gasteiger charge is 1.91. The summed E-state index contributed by atoms with van der Waals surface area (Å²) in [5.74, 6) is 2.18. The predicted octanol–water partition coefficient (Wildman–Crippen LogP) is 2.31. The van der Waals surface area contributed by atoms with Gasteiger partial charge in [0.05, 0.1) is 0 Å². The number of halogens is 1. The van der Waals surface area contributed by atoms with Crippen LogP contribution < -0.4 is 5.32 Å². The van der Waals surface area contributed by atoms with Crippen LogP contribution in [-0.4, -0.2) is 29.8 Å². The maximum Gasteiger partial charge on any atom is 0.0438 e. The maximum absolute atomic E-state index is 8.59. The molecule has 0 heterocycles. The third-order valence-corrected chi connectivity index (χ3v) is 3.11. The Balaban J connectivity index is 0.00000225. The van der Waals surface area contributed by atoms with Crippen molar-refractivity contribution in [2.45, 2.75) is 13.0 Å². The Morgan fingerprint density at radius 2 is 1.88 bits per heavy atom. The number of hydrogen-bond acceptors (Lipinski definition) is 3. The van der Waals surface area contributed by atoms with Crippen molar-refractivity contribution in [1.29, 1.82) is 0 Å². The minimum absolute atomic E-state index is 0. The molecule has 0 aliphatic carbocycles. The molecule has 0 amide bonds. The zero-order valence-corrected chi connectivity index (χ0v) is 11.0. The van der Waals surface area contributed by atoms with Crippen LogP contribution in [0, 0.1) is 0 Å². The quantitative estimate of drug-likeness (QED) is 0.705. The largest absolute Gasteiger partial charge is 0.396 e. The van der Waals surface area contributed by atoms with Gasteiger partial charge in [0.1, 0.15) is 0 Å². The van der Waals surface area contributed by atoms with E-state index in [0.717, 1.165) is 31.0 Å². The molecular formula is C12H20ClNOS. The molecule has 0 saturated heterocycles. The number of rotatable bonds is 8. The van der Waals surface area contributed by atoms with Gasteiger partial charge in [-0.3, -0.25) is 0 Å². The molecule has 2 N–H and O–H groups in total. The lowest BCUT2D eigenvalue weighted by atomic mass is 10.2. The SMILES string of the molecule is Cl.OCCCSCCNCc1ccccc1. The van der Waals surface area contributed by atoms with Gasteiger partial charge >= 0.3 is 0 Å². The average Bonchev–Trinajstić information content (AvgIpc) is 2.29. The van der Waals surface area contributed by atoms with Crippen LogP contribution in [0.25, 0.3) is 0 Å². The number of aliphatic hydroxyl groups is 1. The molecular weight excluding hydrogens is 242 g/mol. The molecule has 0 atom stereocenters. The summed E-state index contributed by atoms with van der Waals surface area (Å²) in [6.07, 6.45) is 0.906. The molecule has 0 radical (unpaired) electrons. The highest BCUT2D eigenvalue weighted by molar-refractivity contribution is 7.99. The van der Waals surface area contributed by atoms with E-state index in [1.54, 1.807) is 0 Å². The van der Waals surface area contributed by atoms with E-state index in [1.165, 1.54) is 5.56 Å². The van der Waals surface area contributed by atoms with E-state index in [4.69, 9.17) is 5.11 Å². The molecule has 0 bridgehead atoms. The molecule has 1 rings (SSSR count). The first kappa shape index (κ1) is 15.8. The molecule has 92 valence electrons. The minimum Gasteiger partial charge on any atom is -0.396 e. The summed E-state index contributed by atoms with van der Waals surface area (Å²) in [5.41, 5.74) is 1.33. The molecule has 0 aliphatic heterocycles. The van der Waals surface area contributed by atoms with Gasteiger partial charge in [-0.2, -0.15) is 11.8 Å². The first-order valence-corrected chi connectivity index (χ1v) is 6.52. The average molecular weight is 262 g/mol. The van der Waals surface area contributed by atoms with Gasteiger partial charge in [-0.1, -0.05) is 30.3 Å². The Kier molecular flexibility index (Phi) is 11.1. The van der Waals surface area contributed by atoms with Gasteiger partial charge in [0, 0.05) is 25.4 Å². The Labute approximate surface area is 108 Å². The highest BCUT2D eigenvalue weighted by Crippen LogP contribution is 2.01. The summed E-state index contributed by atoms with van der Waals surface area (Å²) in [5, 5.41) is 12.0. The van der Waals surface area contributed by atoms with Gasteiger partial charge in [-0.15, -0.1) is 12.4 Å². The van der Waals surface area contributed by atoms with Crippen molar-refractivity contribution in [2.75, 3.05) is 24.7 Å². The molecule has 1 aromatic rings. The molecule has 0 aliphatic rings. The van der Waals surface area contributed by atoms with Gasteiger partial charge < -0.3 is 10.4 Å². The highest BCUT2D eigenvalue weighted by atomic mass is 35.5. The normalized spacial score (nSPS) is 9.81. The Morgan fingerprint density at radius 1 is 1.12 bits per heavy atom. The summed E-state index contributed by atoms with van der Waals surface area (Å²) in [4.78, 5) is 0. The van der Waals surface area contributed by atoms with Crippen LogP contribution in [0.3, 0.4) is 0 Å². The van der Waals surface area contributed by atoms with Crippen LogP contribution in [0.15, 0.2) is 30.3 Å². The number of hydrogen-bond donors (Lipinski definition) is 2. The molecule has 0 fully saturated rings. The van der Waals surface area contributed by atoms with Crippen LogP contribution in [-0.2, 0) is 6.54 Å². The van der Waals surface area contributed by atoms with E-state index in [0.29, 0.717) is 6.61 Å². The molecule has 2 nitrogen and oxygen atoms in total. The van der Waals surface area contributed by atoms with Gasteiger partial charge in [0.15, 0.2) is 0 Å². The van der Waals surface area contributed by atoms with E-state index in [1.807, 2.05) is 17.8 Å². The van der Waals surface area contributed by atoms with E-state index in [9.17, 15) is 0 Å². The van der Waals surface area contributed by atoms with Crippen molar-refractivity contribution in [3.05, 3.63) is 35.9 Å². The monoisotopic (exact) mass is 261 g/mol. The van der Waals surface area contributed by atoms with E-state index in [2.05, 4.69) is 29.6 Å². The van der Waals surface area contributed by atoms with Crippen molar-refractivity contribution in [2.24, 2.45) is 0 Å². The summed E-state index contributed by atoms with van der Waals surface area (Å²) in [6, 6.07) is 10.4. The van der Waals surface area contributed by atoms with Gasteiger partial charge in [0.25, 0.3) is 0 Å². The van der Waals surface area contributed by atoms with Crippen LogP contribution in [0.1, 0.15) is 12.0 Å². The van der Waals surface area contributed by atoms with E-state index < -0.39 is 0 Å². The predicted molar refractivity (Wildman–Crippen MR) is 74.4 cm³/mol. The molecule has 0 aromatic heterocycles.